The van der Waals surface area contributed by atoms with E-state index < -0.39 is 38.6 Å². The molecule has 0 heterocycles. The van der Waals surface area contributed by atoms with Crippen molar-refractivity contribution in [2.45, 2.75) is 37.1 Å². The van der Waals surface area contributed by atoms with Crippen LogP contribution < -0.4 is 4.72 Å². The molecule has 1 unspecified atom stereocenters. The Labute approximate surface area is 115 Å². The second kappa shape index (κ2) is 6.76. The van der Waals surface area contributed by atoms with Crippen LogP contribution >= 0.6 is 0 Å². The zero-order valence-corrected chi connectivity index (χ0v) is 11.6. The van der Waals surface area contributed by atoms with Crippen molar-refractivity contribution in [1.82, 2.24) is 4.72 Å². The van der Waals surface area contributed by atoms with E-state index in [4.69, 9.17) is 5.11 Å². The molecule has 1 rings (SSSR count). The first-order chi connectivity index (χ1) is 9.27. The molecule has 0 aliphatic carbocycles. The van der Waals surface area contributed by atoms with Crippen molar-refractivity contribution >= 4 is 16.0 Å². The summed E-state index contributed by atoms with van der Waals surface area (Å²) in [6.45, 7) is 1.82. The summed E-state index contributed by atoms with van der Waals surface area (Å²) < 4.78 is 52.1. The fraction of sp³-hybridized carbons (Fsp3) is 0.417. The number of carbonyl (C=O) groups is 1. The van der Waals surface area contributed by atoms with E-state index in [2.05, 4.69) is 0 Å². The number of nitrogens with one attached hydrogen (secondary N) is 1. The molecule has 20 heavy (non-hydrogen) atoms. The van der Waals surface area contributed by atoms with Gasteiger partial charge in [-0.2, -0.15) is 4.72 Å². The lowest BCUT2D eigenvalue weighted by molar-refractivity contribution is -0.139. The average Bonchev–Trinajstić information content (AvgIpc) is 2.36. The Balaban J connectivity index is 3.03. The highest BCUT2D eigenvalue weighted by Crippen LogP contribution is 2.17. The van der Waals surface area contributed by atoms with E-state index in [0.29, 0.717) is 25.0 Å². The predicted molar refractivity (Wildman–Crippen MR) is 67.6 cm³/mol. The average molecular weight is 307 g/mol. The van der Waals surface area contributed by atoms with Gasteiger partial charge in [0.25, 0.3) is 0 Å². The van der Waals surface area contributed by atoms with Crippen LogP contribution in [0.1, 0.15) is 26.2 Å². The van der Waals surface area contributed by atoms with Crippen LogP contribution in [0.25, 0.3) is 0 Å². The molecular weight excluding hydrogens is 292 g/mol. The van der Waals surface area contributed by atoms with Crippen molar-refractivity contribution in [1.29, 1.82) is 0 Å². The second-order valence-electron chi connectivity index (χ2n) is 4.23. The van der Waals surface area contributed by atoms with E-state index in [1.807, 2.05) is 11.6 Å². The normalized spacial score (nSPS) is 13.2. The highest BCUT2D eigenvalue weighted by atomic mass is 32.2. The Morgan fingerprint density at radius 2 is 2.05 bits per heavy atom. The number of hydrogen-bond acceptors (Lipinski definition) is 3. The van der Waals surface area contributed by atoms with Crippen LogP contribution in [-0.2, 0) is 14.8 Å². The maximum absolute atomic E-state index is 13.4. The van der Waals surface area contributed by atoms with Gasteiger partial charge in [-0.15, -0.1) is 0 Å². The van der Waals surface area contributed by atoms with Crippen LogP contribution in [0.5, 0.6) is 0 Å². The van der Waals surface area contributed by atoms with Gasteiger partial charge in [0.15, 0.2) is 0 Å². The highest BCUT2D eigenvalue weighted by molar-refractivity contribution is 7.89. The van der Waals surface area contributed by atoms with Gasteiger partial charge in [-0.25, -0.2) is 17.2 Å². The molecule has 2 N–H and O–H groups in total. The summed E-state index contributed by atoms with van der Waals surface area (Å²) in [5, 5.41) is 8.94. The van der Waals surface area contributed by atoms with Gasteiger partial charge < -0.3 is 5.11 Å². The molecule has 0 amide bonds. The van der Waals surface area contributed by atoms with Gasteiger partial charge in [0.05, 0.1) is 0 Å². The molecule has 0 aliphatic heterocycles. The fourth-order valence-electron chi connectivity index (χ4n) is 1.57. The lowest BCUT2D eigenvalue weighted by Gasteiger charge is -2.14. The van der Waals surface area contributed by atoms with E-state index in [9.17, 15) is 22.0 Å². The van der Waals surface area contributed by atoms with Crippen LogP contribution in [0.3, 0.4) is 0 Å². The zero-order chi connectivity index (χ0) is 15.3. The fourth-order valence-corrected chi connectivity index (χ4v) is 2.89. The lowest BCUT2D eigenvalue weighted by atomic mass is 10.1. The molecule has 0 saturated carbocycles. The molecule has 0 aromatic heterocycles. The number of unbranched alkanes of at least 4 members (excludes halogenated alkanes) is 1. The molecule has 0 aliphatic rings. The molecule has 112 valence electrons. The molecule has 5 nitrogen and oxygen atoms in total. The summed E-state index contributed by atoms with van der Waals surface area (Å²) >= 11 is 0. The van der Waals surface area contributed by atoms with E-state index in [0.717, 1.165) is 6.07 Å². The summed E-state index contributed by atoms with van der Waals surface area (Å²) in [5.74, 6) is -3.43. The molecule has 0 bridgehead atoms. The monoisotopic (exact) mass is 307 g/mol. The smallest absolute Gasteiger partial charge is 0.321 e. The van der Waals surface area contributed by atoms with Gasteiger partial charge >= 0.3 is 5.97 Å². The maximum Gasteiger partial charge on any atom is 0.321 e. The molecule has 0 fully saturated rings. The van der Waals surface area contributed by atoms with Crippen molar-refractivity contribution in [3.8, 4) is 0 Å². The predicted octanol–water partition coefficient (Wildman–Crippen LogP) is 1.89. The topological polar surface area (TPSA) is 83.5 Å². The minimum atomic E-state index is -4.43. The lowest BCUT2D eigenvalue weighted by Crippen LogP contribution is -2.41. The first kappa shape index (κ1) is 16.5. The summed E-state index contributed by atoms with van der Waals surface area (Å²) in [7, 11) is -4.43. The van der Waals surface area contributed by atoms with Crippen LogP contribution in [-0.4, -0.2) is 25.5 Å². The maximum atomic E-state index is 13.4. The standard InChI is InChI=1S/C12H15F2NO4S/c1-2-3-4-10(12(16)17)15-20(18,19)11-7-8(13)5-6-9(11)14/h5-7,10,15H,2-4H2,1H3,(H,16,17). The molecule has 1 atom stereocenters. The molecule has 1 aromatic rings. The third-order valence-corrected chi connectivity index (χ3v) is 4.11. The van der Waals surface area contributed by atoms with Gasteiger partial charge in [0.1, 0.15) is 22.6 Å². The van der Waals surface area contributed by atoms with Crippen LogP contribution in [0.2, 0.25) is 0 Å². The zero-order valence-electron chi connectivity index (χ0n) is 10.8. The Morgan fingerprint density at radius 3 is 2.60 bits per heavy atom. The van der Waals surface area contributed by atoms with Gasteiger partial charge in [-0.05, 0) is 24.6 Å². The van der Waals surface area contributed by atoms with Crippen LogP contribution in [0, 0.1) is 11.6 Å². The summed E-state index contributed by atoms with van der Waals surface area (Å²) in [4.78, 5) is 10.1. The SMILES string of the molecule is CCCCC(NS(=O)(=O)c1cc(F)ccc1F)C(=O)O. The quantitative estimate of drug-likeness (QED) is 0.805. The Hall–Kier alpha value is -1.54. The number of aliphatic carboxylic acids is 1. The third kappa shape index (κ3) is 4.24. The van der Waals surface area contributed by atoms with E-state index in [-0.39, 0.29) is 6.42 Å². The highest BCUT2D eigenvalue weighted by Gasteiger charge is 2.27. The van der Waals surface area contributed by atoms with E-state index in [1.165, 1.54) is 0 Å². The van der Waals surface area contributed by atoms with Gasteiger partial charge in [-0.1, -0.05) is 19.8 Å². The van der Waals surface area contributed by atoms with E-state index in [1.54, 1.807) is 0 Å². The molecule has 1 aromatic carbocycles. The number of hydrogen-bond donors (Lipinski definition) is 2. The Kier molecular flexibility index (Phi) is 5.58. The Bertz CT molecular complexity index is 589. The third-order valence-electron chi connectivity index (χ3n) is 2.62. The summed E-state index contributed by atoms with van der Waals surface area (Å²) in [6, 6.07) is 0.588. The number of carboxylic acids is 1. The molecule has 0 saturated heterocycles. The largest absolute Gasteiger partial charge is 0.480 e. The number of halogens is 2. The van der Waals surface area contributed by atoms with Gasteiger partial charge in [0.2, 0.25) is 10.0 Å². The molecule has 0 spiro atoms. The first-order valence-electron chi connectivity index (χ1n) is 5.98. The number of carboxylic acid groups (broad SMARTS) is 1. The Morgan fingerprint density at radius 1 is 1.40 bits per heavy atom. The number of sulfonamides is 1. The van der Waals surface area contributed by atoms with Gasteiger partial charge in [-0.3, -0.25) is 4.79 Å². The molecular formula is C12H15F2NO4S. The van der Waals surface area contributed by atoms with Crippen molar-refractivity contribution in [2.24, 2.45) is 0 Å². The summed E-state index contributed by atoms with van der Waals surface area (Å²) in [5.41, 5.74) is 0. The van der Waals surface area contributed by atoms with Crippen molar-refractivity contribution in [3.63, 3.8) is 0 Å². The molecule has 8 heteroatoms. The molecule has 0 radical (unpaired) electrons. The second-order valence-corrected chi connectivity index (χ2v) is 5.91. The van der Waals surface area contributed by atoms with Crippen molar-refractivity contribution in [3.05, 3.63) is 29.8 Å². The number of rotatable bonds is 7. The first-order valence-corrected chi connectivity index (χ1v) is 7.46. The minimum Gasteiger partial charge on any atom is -0.480 e. The number of benzene rings is 1. The van der Waals surface area contributed by atoms with E-state index >= 15 is 0 Å². The van der Waals surface area contributed by atoms with Crippen LogP contribution in [0.15, 0.2) is 23.1 Å². The summed E-state index contributed by atoms with van der Waals surface area (Å²) in [6.07, 6.45) is 1.24. The van der Waals surface area contributed by atoms with Crippen molar-refractivity contribution < 1.29 is 27.1 Å². The van der Waals surface area contributed by atoms with Crippen molar-refractivity contribution in [2.75, 3.05) is 0 Å². The van der Waals surface area contributed by atoms with Crippen LogP contribution in [0.4, 0.5) is 8.78 Å². The van der Waals surface area contributed by atoms with Gasteiger partial charge in [0, 0.05) is 0 Å². The minimum absolute atomic E-state index is 0.0714.